The Kier molecular flexibility index (Phi) is 4.15. The second-order valence-corrected chi connectivity index (χ2v) is 5.90. The van der Waals surface area contributed by atoms with Gasteiger partial charge in [0.05, 0.1) is 11.2 Å². The molecule has 0 aliphatic rings. The molecule has 1 unspecified atom stereocenters. The van der Waals surface area contributed by atoms with Crippen LogP contribution in [0.4, 0.5) is 8.78 Å². The summed E-state index contributed by atoms with van der Waals surface area (Å²) in [6.07, 6.45) is 2.86. The number of benzene rings is 1. The molecule has 2 aromatic heterocycles. The van der Waals surface area contributed by atoms with Crippen molar-refractivity contribution in [1.82, 2.24) is 19.9 Å². The lowest BCUT2D eigenvalue weighted by molar-refractivity contribution is -0.144. The molecule has 26 heavy (non-hydrogen) atoms. The Morgan fingerprint density at radius 3 is 2.69 bits per heavy atom. The number of carboxylic acids is 1. The van der Waals surface area contributed by atoms with E-state index in [1.54, 1.807) is 13.0 Å². The molecule has 0 spiro atoms. The fourth-order valence-corrected chi connectivity index (χ4v) is 2.62. The van der Waals surface area contributed by atoms with E-state index in [1.165, 1.54) is 16.9 Å². The maximum Gasteiger partial charge on any atom is 0.333 e. The highest BCUT2D eigenvalue weighted by Gasteiger charge is 2.40. The largest absolute Gasteiger partial charge is 0.479 e. The Morgan fingerprint density at radius 1 is 1.27 bits per heavy atom. The summed E-state index contributed by atoms with van der Waals surface area (Å²) in [5.74, 6) is -4.19. The van der Waals surface area contributed by atoms with Crippen LogP contribution in [0.15, 0.2) is 36.7 Å². The molecule has 0 saturated heterocycles. The molecule has 134 valence electrons. The van der Waals surface area contributed by atoms with E-state index < -0.39 is 34.6 Å². The van der Waals surface area contributed by atoms with Crippen molar-refractivity contribution >= 4 is 17.4 Å². The first-order valence-electron chi connectivity index (χ1n) is 7.55. The maximum atomic E-state index is 14.1. The van der Waals surface area contributed by atoms with Crippen LogP contribution in [0.3, 0.4) is 0 Å². The first-order valence-corrected chi connectivity index (χ1v) is 7.55. The van der Waals surface area contributed by atoms with E-state index in [4.69, 9.17) is 0 Å². The van der Waals surface area contributed by atoms with Gasteiger partial charge >= 0.3 is 5.97 Å². The third kappa shape index (κ3) is 2.87. The van der Waals surface area contributed by atoms with Gasteiger partial charge in [-0.05, 0) is 38.1 Å². The summed E-state index contributed by atoms with van der Waals surface area (Å²) < 4.78 is 29.1. The lowest BCUT2D eigenvalue weighted by Crippen LogP contribution is -2.50. The number of carboxylic acid groups (broad SMARTS) is 1. The minimum Gasteiger partial charge on any atom is -0.479 e. The molecule has 0 fully saturated rings. The molecule has 1 atom stereocenters. The van der Waals surface area contributed by atoms with Gasteiger partial charge in [-0.1, -0.05) is 0 Å². The number of nitrogens with one attached hydrogen (secondary N) is 1. The Labute approximate surface area is 146 Å². The highest BCUT2D eigenvalue weighted by molar-refractivity contribution is 6.01. The van der Waals surface area contributed by atoms with Gasteiger partial charge in [-0.15, -0.1) is 0 Å². The number of hydrogen-bond donors (Lipinski definition) is 2. The summed E-state index contributed by atoms with van der Waals surface area (Å²) in [7, 11) is 0. The zero-order valence-corrected chi connectivity index (χ0v) is 13.8. The highest BCUT2D eigenvalue weighted by atomic mass is 19.1. The second kappa shape index (κ2) is 6.17. The summed E-state index contributed by atoms with van der Waals surface area (Å²) in [6.45, 7) is 2.80. The van der Waals surface area contributed by atoms with Crippen molar-refractivity contribution in [1.29, 1.82) is 0 Å². The third-order valence-electron chi connectivity index (χ3n) is 3.99. The number of amides is 1. The maximum absolute atomic E-state index is 14.1. The molecule has 0 radical (unpaired) electrons. The van der Waals surface area contributed by atoms with Crippen LogP contribution in [-0.2, 0) is 10.3 Å². The summed E-state index contributed by atoms with van der Waals surface area (Å²) in [5.41, 5.74) is -1.81. The smallest absolute Gasteiger partial charge is 0.333 e. The SMILES string of the molecule is Cc1cc2c(C(=O)NC(C)(C(=O)O)c3cc(F)ccc3F)nccn2n1. The van der Waals surface area contributed by atoms with Crippen molar-refractivity contribution in [2.75, 3.05) is 0 Å². The molecular weight excluding hydrogens is 346 g/mol. The molecule has 0 aliphatic heterocycles. The molecule has 9 heteroatoms. The molecule has 2 N–H and O–H groups in total. The summed E-state index contributed by atoms with van der Waals surface area (Å²) in [5, 5.41) is 16.0. The van der Waals surface area contributed by atoms with Crippen molar-refractivity contribution in [2.45, 2.75) is 19.4 Å². The van der Waals surface area contributed by atoms with Gasteiger partial charge in [0.25, 0.3) is 5.91 Å². The van der Waals surface area contributed by atoms with Crippen molar-refractivity contribution in [3.63, 3.8) is 0 Å². The lowest BCUT2D eigenvalue weighted by atomic mass is 9.91. The molecule has 3 aromatic rings. The molecule has 1 amide bonds. The summed E-state index contributed by atoms with van der Waals surface area (Å²) in [4.78, 5) is 28.4. The van der Waals surface area contributed by atoms with Crippen LogP contribution in [-0.4, -0.2) is 31.6 Å². The fourth-order valence-electron chi connectivity index (χ4n) is 2.62. The first kappa shape index (κ1) is 17.5. The van der Waals surface area contributed by atoms with Crippen molar-refractivity contribution in [3.05, 3.63) is 65.2 Å². The number of rotatable bonds is 4. The number of halogens is 2. The highest BCUT2D eigenvalue weighted by Crippen LogP contribution is 2.26. The van der Waals surface area contributed by atoms with E-state index in [0.717, 1.165) is 25.1 Å². The number of carbonyl (C=O) groups excluding carboxylic acids is 1. The summed E-state index contributed by atoms with van der Waals surface area (Å²) in [6, 6.07) is 4.00. The second-order valence-electron chi connectivity index (χ2n) is 5.90. The zero-order valence-electron chi connectivity index (χ0n) is 13.8. The van der Waals surface area contributed by atoms with Gasteiger partial charge in [-0.25, -0.2) is 23.1 Å². The van der Waals surface area contributed by atoms with Gasteiger partial charge in [0.2, 0.25) is 0 Å². The van der Waals surface area contributed by atoms with E-state index in [9.17, 15) is 23.5 Å². The van der Waals surface area contributed by atoms with E-state index in [-0.39, 0.29) is 5.69 Å². The van der Waals surface area contributed by atoms with Crippen molar-refractivity contribution < 1.29 is 23.5 Å². The zero-order chi connectivity index (χ0) is 19.1. The lowest BCUT2D eigenvalue weighted by Gasteiger charge is -2.27. The molecule has 1 aromatic carbocycles. The minimum atomic E-state index is -2.20. The van der Waals surface area contributed by atoms with Crippen LogP contribution in [0.25, 0.3) is 5.52 Å². The van der Waals surface area contributed by atoms with E-state index >= 15 is 0 Å². The predicted octanol–water partition coefficient (Wildman–Crippen LogP) is 2.05. The molecule has 0 aliphatic carbocycles. The van der Waals surface area contributed by atoms with Crippen molar-refractivity contribution in [3.8, 4) is 0 Å². The van der Waals surface area contributed by atoms with E-state index in [2.05, 4.69) is 15.4 Å². The number of aryl methyl sites for hydroxylation is 1. The monoisotopic (exact) mass is 360 g/mol. The quantitative estimate of drug-likeness (QED) is 0.742. The summed E-state index contributed by atoms with van der Waals surface area (Å²) >= 11 is 0. The van der Waals surface area contributed by atoms with Gasteiger partial charge < -0.3 is 10.4 Å². The van der Waals surface area contributed by atoms with Crippen LogP contribution in [0, 0.1) is 18.6 Å². The molecular formula is C17H14F2N4O3. The van der Waals surface area contributed by atoms with Crippen LogP contribution < -0.4 is 5.32 Å². The Balaban J connectivity index is 2.06. The number of carbonyl (C=O) groups is 2. The van der Waals surface area contributed by atoms with Crippen molar-refractivity contribution in [2.24, 2.45) is 0 Å². The normalized spacial score (nSPS) is 13.4. The number of aliphatic carboxylic acids is 1. The molecule has 0 bridgehead atoms. The average Bonchev–Trinajstić information content (AvgIpc) is 2.96. The molecule has 7 nitrogen and oxygen atoms in total. The van der Waals surface area contributed by atoms with Gasteiger partial charge in [0, 0.05) is 18.0 Å². The third-order valence-corrected chi connectivity index (χ3v) is 3.99. The van der Waals surface area contributed by atoms with Gasteiger partial charge in [0.15, 0.2) is 11.2 Å². The first-order chi connectivity index (χ1) is 12.2. The average molecular weight is 360 g/mol. The number of hydrogen-bond acceptors (Lipinski definition) is 4. The Hall–Kier alpha value is -3.36. The van der Waals surface area contributed by atoms with Gasteiger partial charge in [-0.2, -0.15) is 5.10 Å². The number of fused-ring (bicyclic) bond motifs is 1. The minimum absolute atomic E-state index is 0.0858. The number of nitrogens with zero attached hydrogens (tertiary/aromatic N) is 3. The predicted molar refractivity (Wildman–Crippen MR) is 86.5 cm³/mol. The van der Waals surface area contributed by atoms with Crippen LogP contribution in [0.2, 0.25) is 0 Å². The standard InChI is InChI=1S/C17H14F2N4O3/c1-9-7-13-14(20-5-6-23(13)22-9)15(24)21-17(2,16(25)26)11-8-10(18)3-4-12(11)19/h3-8H,1-2H3,(H,21,24)(H,25,26). The Bertz CT molecular complexity index is 1030. The van der Waals surface area contributed by atoms with E-state index in [0.29, 0.717) is 11.2 Å². The van der Waals surface area contributed by atoms with Gasteiger partial charge in [-0.3, -0.25) is 4.79 Å². The topological polar surface area (TPSA) is 96.6 Å². The van der Waals surface area contributed by atoms with Crippen LogP contribution in [0.5, 0.6) is 0 Å². The molecule has 0 saturated carbocycles. The van der Waals surface area contributed by atoms with Crippen LogP contribution >= 0.6 is 0 Å². The molecule has 3 rings (SSSR count). The van der Waals surface area contributed by atoms with E-state index in [1.807, 2.05) is 0 Å². The Morgan fingerprint density at radius 2 is 2.00 bits per heavy atom. The van der Waals surface area contributed by atoms with Crippen LogP contribution in [0.1, 0.15) is 28.7 Å². The fraction of sp³-hybridized carbons (Fsp3) is 0.176. The molecule has 2 heterocycles. The number of aromatic nitrogens is 3. The van der Waals surface area contributed by atoms with Gasteiger partial charge in [0.1, 0.15) is 11.6 Å².